The van der Waals surface area contributed by atoms with E-state index in [4.69, 9.17) is 4.74 Å². The Morgan fingerprint density at radius 2 is 1.20 bits per heavy atom. The zero-order valence-electron chi connectivity index (χ0n) is 35.3. The van der Waals surface area contributed by atoms with Crippen LogP contribution in [-0.2, 0) is 15.6 Å². The third-order valence-corrected chi connectivity index (χ3v) is 22.4. The second-order valence-corrected chi connectivity index (χ2v) is 27.0. The predicted molar refractivity (Wildman–Crippen MR) is 218 cm³/mol. The van der Waals surface area contributed by atoms with E-state index in [1.807, 2.05) is 0 Å². The van der Waals surface area contributed by atoms with Crippen LogP contribution in [0.1, 0.15) is 177 Å². The lowest BCUT2D eigenvalue weighted by atomic mass is 9.61. The van der Waals surface area contributed by atoms with Crippen molar-refractivity contribution >= 4 is 8.07 Å². The number of benzene rings is 1. The Morgan fingerprint density at radius 1 is 0.633 bits per heavy atom. The van der Waals surface area contributed by atoms with Gasteiger partial charge in [0.15, 0.2) is 0 Å². The molecule has 0 amide bonds. The quantitative estimate of drug-likeness (QED) is 0.175. The van der Waals surface area contributed by atoms with Gasteiger partial charge < -0.3 is 4.74 Å². The highest BCUT2D eigenvalue weighted by Crippen LogP contribution is 2.69. The molecule has 1 aromatic rings. The van der Waals surface area contributed by atoms with Gasteiger partial charge in [0, 0.05) is 6.61 Å². The van der Waals surface area contributed by atoms with Crippen LogP contribution < -0.4 is 0 Å². The van der Waals surface area contributed by atoms with Crippen LogP contribution in [0.15, 0.2) is 18.2 Å². The Balaban J connectivity index is 1.50. The summed E-state index contributed by atoms with van der Waals surface area (Å²) in [5.74, 6) is 8.81. The van der Waals surface area contributed by atoms with E-state index in [-0.39, 0.29) is 16.4 Å². The highest BCUT2D eigenvalue weighted by molar-refractivity contribution is 6.81. The molecule has 5 rings (SSSR count). The van der Waals surface area contributed by atoms with E-state index in [9.17, 15) is 0 Å². The van der Waals surface area contributed by atoms with Crippen molar-refractivity contribution in [2.24, 2.45) is 53.3 Å². The Bertz CT molecular complexity index is 1200. The molecule has 280 valence electrons. The molecular formula is C47H82OSi. The van der Waals surface area contributed by atoms with E-state index in [1.54, 1.807) is 29.2 Å². The molecule has 0 aromatic heterocycles. The molecule has 49 heavy (non-hydrogen) atoms. The Labute approximate surface area is 307 Å². The smallest absolute Gasteiger partial charge is 0.0598 e. The number of hydrogen-bond acceptors (Lipinski definition) is 1. The Morgan fingerprint density at radius 3 is 1.76 bits per heavy atom. The summed E-state index contributed by atoms with van der Waals surface area (Å²) in [4.78, 5) is 0. The highest BCUT2D eigenvalue weighted by Gasteiger charge is 2.62. The first-order valence-corrected chi connectivity index (χ1v) is 24.3. The molecule has 0 spiro atoms. The zero-order valence-corrected chi connectivity index (χ0v) is 36.3. The standard InChI is InChI=1S/C47H82OSi/c1-30-25-40-41(28-35-21-20-22-39(35)42(40)36-26-37(45(6,7)8)29-38(27-36)46(9,10)11)43(30)49(15,44-33(4)31(2)32(3)34(44)5)24-19-17-16-18-23-48-47(12,13)14/h26-27,29-35,39-44H,16-25,28H2,1-15H3. The summed E-state index contributed by atoms with van der Waals surface area (Å²) >= 11 is 0. The average molecular weight is 691 g/mol. The SMILES string of the molecule is CC1CC2C(CC3CCCC3C2c2cc(C(C)(C)C)cc(C(C)(C)C)c2)C1[Si](C)(CCCCCCOC(C)(C)C)C1C(C)C(C)C(C)C1C. The second-order valence-electron chi connectivity index (χ2n) is 22.1. The van der Waals surface area contributed by atoms with Crippen LogP contribution in [0.4, 0.5) is 0 Å². The van der Waals surface area contributed by atoms with Crippen LogP contribution >= 0.6 is 0 Å². The van der Waals surface area contributed by atoms with Gasteiger partial charge in [0.1, 0.15) is 0 Å². The molecule has 4 aliphatic carbocycles. The van der Waals surface area contributed by atoms with Crippen molar-refractivity contribution in [3.05, 3.63) is 34.9 Å². The fourth-order valence-corrected chi connectivity index (χ4v) is 21.1. The van der Waals surface area contributed by atoms with Crippen LogP contribution in [0.3, 0.4) is 0 Å². The molecular weight excluding hydrogens is 609 g/mol. The average Bonchev–Trinajstić information content (AvgIpc) is 3.64. The molecule has 1 nitrogen and oxygen atoms in total. The molecule has 0 radical (unpaired) electrons. The molecule has 12 atom stereocenters. The fraction of sp³-hybridized carbons (Fsp3) is 0.872. The number of fused-ring (bicyclic) bond motifs is 2. The molecule has 0 N–H and O–H groups in total. The van der Waals surface area contributed by atoms with E-state index < -0.39 is 8.07 Å². The summed E-state index contributed by atoms with van der Waals surface area (Å²) in [5.41, 5.74) is 7.18. The van der Waals surface area contributed by atoms with Gasteiger partial charge in [-0.1, -0.05) is 139 Å². The van der Waals surface area contributed by atoms with E-state index in [0.29, 0.717) is 0 Å². The minimum absolute atomic E-state index is 0.0126. The van der Waals surface area contributed by atoms with Gasteiger partial charge in [-0.15, -0.1) is 0 Å². The Kier molecular flexibility index (Phi) is 11.9. The van der Waals surface area contributed by atoms with Crippen molar-refractivity contribution in [3.8, 4) is 0 Å². The minimum atomic E-state index is -1.65. The van der Waals surface area contributed by atoms with Crippen molar-refractivity contribution in [1.29, 1.82) is 0 Å². The first-order chi connectivity index (χ1) is 22.6. The summed E-state index contributed by atoms with van der Waals surface area (Å²) < 4.78 is 6.11. The lowest BCUT2D eigenvalue weighted by molar-refractivity contribution is -0.00471. The lowest BCUT2D eigenvalue weighted by Crippen LogP contribution is -2.49. The van der Waals surface area contributed by atoms with Crippen molar-refractivity contribution in [1.82, 2.24) is 0 Å². The van der Waals surface area contributed by atoms with Crippen LogP contribution in [0.25, 0.3) is 0 Å². The van der Waals surface area contributed by atoms with E-state index in [2.05, 4.69) is 122 Å². The third-order valence-electron chi connectivity index (χ3n) is 15.8. The van der Waals surface area contributed by atoms with Gasteiger partial charge in [0.05, 0.1) is 13.7 Å². The van der Waals surface area contributed by atoms with Crippen molar-refractivity contribution in [3.63, 3.8) is 0 Å². The molecule has 4 fully saturated rings. The summed E-state index contributed by atoms with van der Waals surface area (Å²) in [6.07, 6.45) is 12.9. The molecule has 4 saturated carbocycles. The van der Waals surface area contributed by atoms with Gasteiger partial charge in [0.2, 0.25) is 0 Å². The zero-order chi connectivity index (χ0) is 36.3. The van der Waals surface area contributed by atoms with Crippen molar-refractivity contribution < 1.29 is 4.74 Å². The maximum absolute atomic E-state index is 6.11. The number of unbranched alkanes of at least 4 members (excludes halogenated alkanes) is 3. The van der Waals surface area contributed by atoms with Gasteiger partial charge in [0.25, 0.3) is 0 Å². The summed E-state index contributed by atoms with van der Waals surface area (Å²) in [7, 11) is -1.65. The Hall–Kier alpha value is -0.603. The normalized spacial score (nSPS) is 38.0. The summed E-state index contributed by atoms with van der Waals surface area (Å²) in [6.45, 7) is 38.5. The maximum Gasteiger partial charge on any atom is 0.0598 e. The van der Waals surface area contributed by atoms with Gasteiger partial charge in [-0.05, 0) is 144 Å². The van der Waals surface area contributed by atoms with E-state index in [0.717, 1.165) is 76.9 Å². The summed E-state index contributed by atoms with van der Waals surface area (Å²) in [6, 6.07) is 9.58. The van der Waals surface area contributed by atoms with Crippen molar-refractivity contribution in [2.45, 2.75) is 201 Å². The number of rotatable bonds is 10. The number of hydrogen-bond donors (Lipinski definition) is 0. The van der Waals surface area contributed by atoms with Crippen LogP contribution in [0, 0.1) is 53.3 Å². The van der Waals surface area contributed by atoms with Crippen LogP contribution in [0.2, 0.25) is 23.7 Å². The van der Waals surface area contributed by atoms with Gasteiger partial charge in [-0.3, -0.25) is 0 Å². The molecule has 0 aliphatic heterocycles. The predicted octanol–water partition coefficient (Wildman–Crippen LogP) is 14.2. The minimum Gasteiger partial charge on any atom is -0.376 e. The third kappa shape index (κ3) is 8.16. The van der Waals surface area contributed by atoms with Crippen LogP contribution in [-0.4, -0.2) is 20.3 Å². The molecule has 0 heterocycles. The molecule has 2 heteroatoms. The summed E-state index contributed by atoms with van der Waals surface area (Å²) in [5, 5.41) is 0. The van der Waals surface area contributed by atoms with Gasteiger partial charge >= 0.3 is 0 Å². The van der Waals surface area contributed by atoms with Gasteiger partial charge in [-0.25, -0.2) is 0 Å². The monoisotopic (exact) mass is 691 g/mol. The first kappa shape index (κ1) is 39.6. The maximum atomic E-state index is 6.11. The molecule has 0 bridgehead atoms. The number of ether oxygens (including phenoxy) is 1. The van der Waals surface area contributed by atoms with E-state index >= 15 is 0 Å². The largest absolute Gasteiger partial charge is 0.376 e. The van der Waals surface area contributed by atoms with Gasteiger partial charge in [-0.2, -0.15) is 0 Å². The molecule has 12 unspecified atom stereocenters. The molecule has 4 aliphatic rings. The van der Waals surface area contributed by atoms with E-state index in [1.165, 1.54) is 51.4 Å². The fourth-order valence-electron chi connectivity index (χ4n) is 13.2. The molecule has 1 aromatic carbocycles. The van der Waals surface area contributed by atoms with Crippen LogP contribution in [0.5, 0.6) is 0 Å². The second kappa shape index (κ2) is 14.7. The lowest BCUT2D eigenvalue weighted by Gasteiger charge is -2.51. The van der Waals surface area contributed by atoms with Crippen molar-refractivity contribution in [2.75, 3.05) is 6.61 Å². The highest BCUT2D eigenvalue weighted by atomic mass is 28.3. The topological polar surface area (TPSA) is 9.23 Å². The first-order valence-electron chi connectivity index (χ1n) is 21.4. The molecule has 0 saturated heterocycles.